The molecule has 0 aromatic heterocycles. The molecule has 0 aliphatic rings. The molecule has 0 spiro atoms. The summed E-state index contributed by atoms with van der Waals surface area (Å²) >= 11 is 14.4. The van der Waals surface area contributed by atoms with E-state index in [1.165, 1.54) is 19.3 Å². The highest BCUT2D eigenvalue weighted by atomic mass is 35.6. The van der Waals surface area contributed by atoms with Gasteiger partial charge < -0.3 is 0 Å². The van der Waals surface area contributed by atoms with E-state index in [1.54, 1.807) is 0 Å². The first-order valence-electron chi connectivity index (χ1n) is 3.18. The molecule has 0 atom stereocenters. The third kappa shape index (κ3) is 38.3. The highest BCUT2D eigenvalue weighted by molar-refractivity contribution is 6.63. The van der Waals surface area contributed by atoms with Crippen LogP contribution in [0.2, 0.25) is 0 Å². The largest absolute Gasteiger partial charge is 0.180 e. The second kappa shape index (κ2) is 12.3. The molecule has 10 heavy (non-hydrogen) atoms. The lowest BCUT2D eigenvalue weighted by atomic mass is 10.3. The van der Waals surface area contributed by atoms with E-state index < -0.39 is 4.30 Å². The summed E-state index contributed by atoms with van der Waals surface area (Å²) in [4.78, 5) is 0. The van der Waals surface area contributed by atoms with Crippen LogP contribution < -0.4 is 0 Å². The van der Waals surface area contributed by atoms with Crippen molar-refractivity contribution in [1.82, 2.24) is 0 Å². The Kier molecular flexibility index (Phi) is 16.3. The molecule has 0 rings (SSSR count). The Morgan fingerprint density at radius 2 is 1.80 bits per heavy atom. The molecule has 0 aliphatic heterocycles. The van der Waals surface area contributed by atoms with Crippen LogP contribution in [0.4, 0.5) is 0 Å². The topological polar surface area (TPSA) is 0 Å². The van der Waals surface area contributed by atoms with Crippen molar-refractivity contribution in [1.29, 1.82) is 0 Å². The smallest absolute Gasteiger partial charge is 0.103 e. The van der Waals surface area contributed by atoms with Crippen LogP contribution in [0.3, 0.4) is 0 Å². The van der Waals surface area contributed by atoms with Gasteiger partial charge in [0.05, 0.1) is 0 Å². The summed E-state index contributed by atoms with van der Waals surface area (Å²) in [6.07, 6.45) is 5.72. The number of alkyl halides is 3. The van der Waals surface area contributed by atoms with Gasteiger partial charge in [0.2, 0.25) is 0 Å². The lowest BCUT2D eigenvalue weighted by Gasteiger charge is -1.81. The van der Waals surface area contributed by atoms with Crippen LogP contribution in [-0.4, -0.2) is 4.30 Å². The van der Waals surface area contributed by atoms with Gasteiger partial charge in [-0.25, -0.2) is 0 Å². The molecule has 0 aliphatic carbocycles. The van der Waals surface area contributed by atoms with Crippen LogP contribution in [0.15, 0.2) is 12.7 Å². The van der Waals surface area contributed by atoms with Crippen molar-refractivity contribution in [2.45, 2.75) is 30.5 Å². The molecule has 62 valence electrons. The minimum atomic E-state index is -0.750. The minimum absolute atomic E-state index is 0.750. The van der Waals surface area contributed by atoms with Gasteiger partial charge in [0, 0.05) is 0 Å². The van der Waals surface area contributed by atoms with Crippen molar-refractivity contribution in [3.05, 3.63) is 12.7 Å². The van der Waals surface area contributed by atoms with E-state index in [0.717, 1.165) is 0 Å². The van der Waals surface area contributed by atoms with Crippen molar-refractivity contribution < 1.29 is 0 Å². The van der Waals surface area contributed by atoms with Gasteiger partial charge in [0.15, 0.2) is 4.30 Å². The number of hydrogen-bond acceptors (Lipinski definition) is 0. The zero-order valence-electron chi connectivity index (χ0n) is 6.12. The normalized spacial score (nSPS) is 8.50. The molecule has 0 saturated carbocycles. The Hall–Kier alpha value is 0.610. The number of hydrogen-bond donors (Lipinski definition) is 0. The summed E-state index contributed by atoms with van der Waals surface area (Å²) in [6.45, 7) is 5.78. The van der Waals surface area contributed by atoms with E-state index in [9.17, 15) is 0 Å². The monoisotopic (exact) mass is 202 g/mol. The molecule has 0 aromatic rings. The van der Waals surface area contributed by atoms with Gasteiger partial charge in [0.25, 0.3) is 0 Å². The predicted molar refractivity (Wildman–Crippen MR) is 51.1 cm³/mol. The van der Waals surface area contributed by atoms with Gasteiger partial charge in [-0.2, -0.15) is 0 Å². The molecule has 0 fully saturated rings. The van der Waals surface area contributed by atoms with Gasteiger partial charge in [-0.1, -0.05) is 60.6 Å². The van der Waals surface area contributed by atoms with Crippen molar-refractivity contribution >= 4 is 34.8 Å². The zero-order chi connectivity index (χ0) is 8.41. The fourth-order valence-electron chi connectivity index (χ4n) is 0.348. The first-order valence-corrected chi connectivity index (χ1v) is 4.49. The summed E-state index contributed by atoms with van der Waals surface area (Å²) in [5.41, 5.74) is 0. The van der Waals surface area contributed by atoms with Crippen molar-refractivity contribution in [3.63, 3.8) is 0 Å². The molecule has 0 bridgehead atoms. The lowest BCUT2D eigenvalue weighted by Crippen LogP contribution is -1.61. The summed E-state index contributed by atoms with van der Waals surface area (Å²) in [6, 6.07) is 0. The second-order valence-corrected chi connectivity index (χ2v) is 3.66. The van der Waals surface area contributed by atoms with Crippen molar-refractivity contribution in [2.24, 2.45) is 0 Å². The van der Waals surface area contributed by atoms with E-state index in [4.69, 9.17) is 34.8 Å². The van der Waals surface area contributed by atoms with E-state index in [-0.39, 0.29) is 0 Å². The van der Waals surface area contributed by atoms with Crippen molar-refractivity contribution in [2.75, 3.05) is 0 Å². The van der Waals surface area contributed by atoms with Crippen LogP contribution in [0, 0.1) is 0 Å². The molecule has 0 aromatic carbocycles. The predicted octanol–water partition coefficient (Wildman–Crippen LogP) is 4.35. The van der Waals surface area contributed by atoms with Crippen LogP contribution in [0.1, 0.15) is 26.2 Å². The van der Waals surface area contributed by atoms with Gasteiger partial charge in [-0.05, 0) is 6.42 Å². The number of halogens is 3. The third-order valence-electron chi connectivity index (χ3n) is 0.762. The molecule has 0 N–H and O–H groups in total. The summed E-state index contributed by atoms with van der Waals surface area (Å²) in [7, 11) is 0. The van der Waals surface area contributed by atoms with Crippen LogP contribution >= 0.6 is 34.8 Å². The average molecular weight is 204 g/mol. The van der Waals surface area contributed by atoms with Gasteiger partial charge in [-0.15, -0.1) is 6.58 Å². The number of unbranched alkanes of at least 4 members (excludes halogenated alkanes) is 2. The lowest BCUT2D eigenvalue weighted by molar-refractivity contribution is 0.816. The minimum Gasteiger partial charge on any atom is -0.103 e. The van der Waals surface area contributed by atoms with E-state index >= 15 is 0 Å². The zero-order valence-corrected chi connectivity index (χ0v) is 8.38. The number of rotatable bonds is 3. The first-order chi connectivity index (χ1) is 4.65. The average Bonchev–Trinajstić information content (AvgIpc) is 1.82. The van der Waals surface area contributed by atoms with Crippen LogP contribution in [-0.2, 0) is 0 Å². The highest BCUT2D eigenvalue weighted by Gasteiger charge is 1.78. The molecule has 0 saturated heterocycles. The molecule has 0 radical (unpaired) electrons. The summed E-state index contributed by atoms with van der Waals surface area (Å²) in [5.74, 6) is 0. The molecule has 0 nitrogen and oxygen atoms in total. The van der Waals surface area contributed by atoms with E-state index in [1.807, 2.05) is 6.08 Å². The molecule has 3 heteroatoms. The second-order valence-electron chi connectivity index (χ2n) is 1.68. The maximum atomic E-state index is 4.81. The van der Waals surface area contributed by atoms with Gasteiger partial charge in [-0.3, -0.25) is 0 Å². The Morgan fingerprint density at radius 3 is 1.90 bits per heavy atom. The maximum Gasteiger partial charge on any atom is 0.180 e. The Labute approximate surface area is 78.2 Å². The Morgan fingerprint density at radius 1 is 1.40 bits per heavy atom. The standard InChI is InChI=1S/C6H12.CHCl3/c1-3-5-6-4-2;2-1(3)4/h3H,1,4-6H2,2H3;1H. The molecule has 0 amide bonds. The molecular formula is C7H13Cl3. The maximum absolute atomic E-state index is 4.81. The van der Waals surface area contributed by atoms with Crippen LogP contribution in [0.5, 0.6) is 0 Å². The van der Waals surface area contributed by atoms with Crippen molar-refractivity contribution in [3.8, 4) is 0 Å². The summed E-state index contributed by atoms with van der Waals surface area (Å²) < 4.78 is -0.750. The highest BCUT2D eigenvalue weighted by Crippen LogP contribution is 2.03. The fraction of sp³-hybridized carbons (Fsp3) is 0.714. The Bertz CT molecular complexity index is 59.1. The fourth-order valence-corrected chi connectivity index (χ4v) is 0.348. The quantitative estimate of drug-likeness (QED) is 0.363. The Balaban J connectivity index is 0. The molecule has 0 heterocycles. The van der Waals surface area contributed by atoms with E-state index in [2.05, 4.69) is 13.5 Å². The third-order valence-corrected chi connectivity index (χ3v) is 0.762. The van der Waals surface area contributed by atoms with E-state index in [0.29, 0.717) is 0 Å². The molecular weight excluding hydrogens is 190 g/mol. The van der Waals surface area contributed by atoms with Gasteiger partial charge in [0.1, 0.15) is 0 Å². The van der Waals surface area contributed by atoms with Crippen LogP contribution in [0.25, 0.3) is 0 Å². The van der Waals surface area contributed by atoms with Gasteiger partial charge >= 0.3 is 0 Å². The SMILES string of the molecule is C=CCCCC.ClC(Cl)Cl. The molecule has 0 unspecified atom stereocenters. The first kappa shape index (κ1) is 13.2. The summed E-state index contributed by atoms with van der Waals surface area (Å²) in [5, 5.41) is 0. The number of allylic oxidation sites excluding steroid dienone is 1.